The van der Waals surface area contributed by atoms with Gasteiger partial charge in [0.1, 0.15) is 12.2 Å². The van der Waals surface area contributed by atoms with Crippen molar-refractivity contribution in [3.05, 3.63) is 35.4 Å². The van der Waals surface area contributed by atoms with E-state index in [1.807, 2.05) is 0 Å². The first-order chi connectivity index (χ1) is 7.22. The maximum atomic E-state index is 11.2. The number of carbonyl (C=O) groups excluding carboxylic acids is 2. The Morgan fingerprint density at radius 3 is 2.47 bits per heavy atom. The highest BCUT2D eigenvalue weighted by Crippen LogP contribution is 2.15. The van der Waals surface area contributed by atoms with Crippen LogP contribution >= 0.6 is 0 Å². The van der Waals surface area contributed by atoms with Crippen LogP contribution in [0.2, 0.25) is 0 Å². The average molecular weight is 207 g/mol. The molecule has 0 saturated carbocycles. The molecule has 1 atom stereocenters. The van der Waals surface area contributed by atoms with Gasteiger partial charge in [0.2, 0.25) is 0 Å². The van der Waals surface area contributed by atoms with E-state index in [-0.39, 0.29) is 0 Å². The van der Waals surface area contributed by atoms with Crippen molar-refractivity contribution in [1.29, 1.82) is 0 Å². The molecule has 80 valence electrons. The molecule has 1 aromatic carbocycles. The summed E-state index contributed by atoms with van der Waals surface area (Å²) in [4.78, 5) is 22.0. The number of hydrogen-bond acceptors (Lipinski definition) is 4. The van der Waals surface area contributed by atoms with Gasteiger partial charge < -0.3 is 15.3 Å². The summed E-state index contributed by atoms with van der Waals surface area (Å²) in [5, 5.41) is 0. The zero-order chi connectivity index (χ0) is 11.3. The van der Waals surface area contributed by atoms with Gasteiger partial charge in [-0.05, 0) is 11.1 Å². The fraction of sp³-hybridized carbons (Fsp3) is 0.273. The molecule has 0 aliphatic heterocycles. The number of rotatable bonds is 4. The molecular weight excluding hydrogens is 194 g/mol. The van der Waals surface area contributed by atoms with Crippen molar-refractivity contribution in [2.75, 3.05) is 7.11 Å². The molecule has 1 aromatic rings. The normalized spacial score (nSPS) is 11.9. The lowest BCUT2D eigenvalue weighted by Gasteiger charge is -2.08. The molecule has 2 N–H and O–H groups in total. The molecule has 0 heterocycles. The molecule has 0 amide bonds. The van der Waals surface area contributed by atoms with Crippen LogP contribution in [0.5, 0.6) is 0 Å². The molecule has 0 spiro atoms. The second-order valence-corrected chi connectivity index (χ2v) is 3.08. The molecule has 4 nitrogen and oxygen atoms in total. The van der Waals surface area contributed by atoms with Crippen LogP contribution in [0.25, 0.3) is 0 Å². The minimum absolute atomic E-state index is 0.435. The molecule has 0 aliphatic carbocycles. The highest BCUT2D eigenvalue weighted by Gasteiger charge is 2.19. The van der Waals surface area contributed by atoms with Crippen LogP contribution in [0.3, 0.4) is 0 Å². The zero-order valence-corrected chi connectivity index (χ0v) is 8.47. The van der Waals surface area contributed by atoms with E-state index >= 15 is 0 Å². The molecule has 0 aliphatic rings. The van der Waals surface area contributed by atoms with Crippen LogP contribution in [0.1, 0.15) is 17.0 Å². The third kappa shape index (κ3) is 2.63. The highest BCUT2D eigenvalue weighted by atomic mass is 16.5. The van der Waals surface area contributed by atoms with Crippen molar-refractivity contribution in [2.24, 2.45) is 5.73 Å². The predicted octanol–water partition coefficient (Wildman–Crippen LogP) is 0.601. The second-order valence-electron chi connectivity index (χ2n) is 3.08. The smallest absolute Gasteiger partial charge is 0.320 e. The Morgan fingerprint density at radius 1 is 1.47 bits per heavy atom. The van der Waals surface area contributed by atoms with Crippen LogP contribution in [0.4, 0.5) is 0 Å². The van der Waals surface area contributed by atoms with Gasteiger partial charge in [0.25, 0.3) is 0 Å². The number of ether oxygens (including phenoxy) is 1. The first kappa shape index (κ1) is 11.4. The second kappa shape index (κ2) is 5.26. The summed E-state index contributed by atoms with van der Waals surface area (Å²) in [6, 6.07) is 6.99. The number of nitrogens with two attached hydrogens (primary N) is 1. The first-order valence-electron chi connectivity index (χ1n) is 4.55. The van der Waals surface area contributed by atoms with E-state index in [1.54, 1.807) is 24.3 Å². The van der Waals surface area contributed by atoms with Crippen molar-refractivity contribution < 1.29 is 14.3 Å². The summed E-state index contributed by atoms with van der Waals surface area (Å²) in [6.45, 7) is 0.435. The van der Waals surface area contributed by atoms with Gasteiger partial charge in [-0.2, -0.15) is 0 Å². The van der Waals surface area contributed by atoms with Crippen LogP contribution in [0, 0.1) is 0 Å². The molecule has 0 saturated heterocycles. The van der Waals surface area contributed by atoms with Gasteiger partial charge in [0.05, 0.1) is 7.11 Å². The monoisotopic (exact) mass is 207 g/mol. The first-order valence-corrected chi connectivity index (χ1v) is 4.55. The SMILES string of the molecule is COC(=O)C(C=O)c1ccc(CN)cc1. The van der Waals surface area contributed by atoms with E-state index in [4.69, 9.17) is 5.73 Å². The minimum Gasteiger partial charge on any atom is -0.468 e. The third-order valence-electron chi connectivity index (χ3n) is 2.17. The van der Waals surface area contributed by atoms with Crippen molar-refractivity contribution >= 4 is 12.3 Å². The Hall–Kier alpha value is -1.68. The molecular formula is C11H13NO3. The topological polar surface area (TPSA) is 69.4 Å². The van der Waals surface area contributed by atoms with Crippen LogP contribution in [-0.2, 0) is 20.9 Å². The van der Waals surface area contributed by atoms with Crippen LogP contribution < -0.4 is 5.73 Å². The highest BCUT2D eigenvalue weighted by molar-refractivity contribution is 5.94. The predicted molar refractivity (Wildman–Crippen MR) is 55.2 cm³/mol. The summed E-state index contributed by atoms with van der Waals surface area (Å²) in [5.74, 6) is -1.40. The number of hydrogen-bond donors (Lipinski definition) is 1. The summed E-state index contributed by atoms with van der Waals surface area (Å²) in [7, 11) is 1.26. The molecule has 0 radical (unpaired) electrons. The van der Waals surface area contributed by atoms with Crippen molar-refractivity contribution in [3.8, 4) is 0 Å². The summed E-state index contributed by atoms with van der Waals surface area (Å²) in [6.07, 6.45) is 0.573. The van der Waals surface area contributed by atoms with E-state index in [9.17, 15) is 9.59 Å². The van der Waals surface area contributed by atoms with Crippen molar-refractivity contribution in [2.45, 2.75) is 12.5 Å². The average Bonchev–Trinajstić information content (AvgIpc) is 2.30. The molecule has 0 aromatic heterocycles. The van der Waals surface area contributed by atoms with Gasteiger partial charge in [-0.15, -0.1) is 0 Å². The lowest BCUT2D eigenvalue weighted by Crippen LogP contribution is -2.15. The third-order valence-corrected chi connectivity index (χ3v) is 2.17. The van der Waals surface area contributed by atoms with Crippen LogP contribution in [-0.4, -0.2) is 19.4 Å². The quantitative estimate of drug-likeness (QED) is 0.446. The minimum atomic E-state index is -0.846. The van der Waals surface area contributed by atoms with Gasteiger partial charge in [-0.3, -0.25) is 4.79 Å². The number of methoxy groups -OCH3 is 1. The van der Waals surface area contributed by atoms with E-state index in [0.29, 0.717) is 18.4 Å². The Balaban J connectivity index is 2.92. The molecule has 0 bridgehead atoms. The fourth-order valence-electron chi connectivity index (χ4n) is 1.26. The lowest BCUT2D eigenvalue weighted by molar-refractivity contribution is -0.143. The van der Waals surface area contributed by atoms with Gasteiger partial charge in [-0.1, -0.05) is 24.3 Å². The maximum Gasteiger partial charge on any atom is 0.320 e. The Morgan fingerprint density at radius 2 is 2.07 bits per heavy atom. The standard InChI is InChI=1S/C11H13NO3/c1-15-11(14)10(7-13)9-4-2-8(6-12)3-5-9/h2-5,7,10H,6,12H2,1H3. The van der Waals surface area contributed by atoms with Gasteiger partial charge in [-0.25, -0.2) is 0 Å². The summed E-state index contributed by atoms with van der Waals surface area (Å²) >= 11 is 0. The summed E-state index contributed by atoms with van der Waals surface area (Å²) < 4.78 is 4.52. The molecule has 15 heavy (non-hydrogen) atoms. The number of aldehydes is 1. The van der Waals surface area contributed by atoms with Gasteiger partial charge in [0, 0.05) is 6.54 Å². The summed E-state index contributed by atoms with van der Waals surface area (Å²) in [5.41, 5.74) is 7.00. The molecule has 0 fully saturated rings. The van der Waals surface area contributed by atoms with Gasteiger partial charge >= 0.3 is 5.97 Å². The van der Waals surface area contributed by atoms with E-state index < -0.39 is 11.9 Å². The fourth-order valence-corrected chi connectivity index (χ4v) is 1.26. The van der Waals surface area contributed by atoms with E-state index in [1.165, 1.54) is 7.11 Å². The lowest BCUT2D eigenvalue weighted by atomic mass is 9.99. The Labute approximate surface area is 88.0 Å². The van der Waals surface area contributed by atoms with Gasteiger partial charge in [0.15, 0.2) is 0 Å². The largest absolute Gasteiger partial charge is 0.468 e. The zero-order valence-electron chi connectivity index (χ0n) is 8.47. The van der Waals surface area contributed by atoms with Crippen LogP contribution in [0.15, 0.2) is 24.3 Å². The Kier molecular flexibility index (Phi) is 4.00. The maximum absolute atomic E-state index is 11.2. The number of carbonyl (C=O) groups is 2. The van der Waals surface area contributed by atoms with Crippen molar-refractivity contribution in [3.63, 3.8) is 0 Å². The molecule has 1 rings (SSSR count). The number of benzene rings is 1. The van der Waals surface area contributed by atoms with Crippen molar-refractivity contribution in [1.82, 2.24) is 0 Å². The Bertz CT molecular complexity index is 345. The number of esters is 1. The van der Waals surface area contributed by atoms with E-state index in [2.05, 4.69) is 4.74 Å². The molecule has 4 heteroatoms. The molecule has 1 unspecified atom stereocenters. The van der Waals surface area contributed by atoms with E-state index in [0.717, 1.165) is 5.56 Å².